The summed E-state index contributed by atoms with van der Waals surface area (Å²) >= 11 is 0. The van der Waals surface area contributed by atoms with Crippen LogP contribution in [0.5, 0.6) is 17.2 Å². The highest BCUT2D eigenvalue weighted by Crippen LogP contribution is 2.29. The number of aromatic nitrogens is 6. The summed E-state index contributed by atoms with van der Waals surface area (Å²) in [6, 6.07) is 44.4. The van der Waals surface area contributed by atoms with Crippen LogP contribution in [0.25, 0.3) is 28.5 Å². The molecular formula is C52H50BN8O10. The Labute approximate surface area is 409 Å². The molecule has 0 unspecified atom stereocenters. The molecule has 0 saturated carbocycles. The Morgan fingerprint density at radius 2 is 1.08 bits per heavy atom. The Morgan fingerprint density at radius 1 is 0.592 bits per heavy atom. The summed E-state index contributed by atoms with van der Waals surface area (Å²) in [6.45, 7) is 2.59. The molecular weight excluding hydrogens is 907 g/mol. The van der Waals surface area contributed by atoms with E-state index in [0.717, 1.165) is 28.3 Å². The van der Waals surface area contributed by atoms with Crippen LogP contribution in [0.15, 0.2) is 168 Å². The molecule has 6 heterocycles. The number of rotatable bonds is 11. The van der Waals surface area contributed by atoms with Gasteiger partial charge < -0.3 is 43.4 Å². The normalized spacial score (nSPS) is 12.4. The van der Waals surface area contributed by atoms with Crippen molar-refractivity contribution in [3.05, 3.63) is 201 Å². The van der Waals surface area contributed by atoms with E-state index in [1.54, 1.807) is 74.4 Å². The number of benzene rings is 4. The van der Waals surface area contributed by atoms with Crippen LogP contribution in [0.1, 0.15) is 22.5 Å². The lowest BCUT2D eigenvalue weighted by Crippen LogP contribution is -2.41. The molecule has 4 aromatic heterocycles. The second-order valence-electron chi connectivity index (χ2n) is 15.9. The van der Waals surface area contributed by atoms with Crippen molar-refractivity contribution in [1.29, 1.82) is 0 Å². The lowest BCUT2D eigenvalue weighted by Gasteiger charge is -2.27. The van der Waals surface area contributed by atoms with E-state index < -0.39 is 6.09 Å². The predicted molar refractivity (Wildman–Crippen MR) is 264 cm³/mol. The molecule has 19 heteroatoms. The van der Waals surface area contributed by atoms with Crippen molar-refractivity contribution in [3.63, 3.8) is 0 Å². The Kier molecular flexibility index (Phi) is 16.1. The van der Waals surface area contributed by atoms with Crippen LogP contribution in [-0.4, -0.2) is 90.7 Å². The number of hydrogen-bond donors (Lipinski definition) is 2. The van der Waals surface area contributed by atoms with E-state index in [0.29, 0.717) is 80.4 Å². The largest absolute Gasteiger partial charge is 0.569 e. The number of ether oxygens (including phenoxy) is 4. The number of nitrogens with zero attached hydrogens (tertiary/aromatic N) is 7. The Morgan fingerprint density at radius 3 is 1.61 bits per heavy atom. The van der Waals surface area contributed by atoms with E-state index in [9.17, 15) is 19.2 Å². The third kappa shape index (κ3) is 11.9. The first-order valence-electron chi connectivity index (χ1n) is 22.6. The Balaban J connectivity index is 0.000000161. The van der Waals surface area contributed by atoms with Crippen molar-refractivity contribution in [1.82, 2.24) is 38.5 Å². The van der Waals surface area contributed by atoms with Gasteiger partial charge in [-0.2, -0.15) is 0 Å². The molecule has 8 aromatic rings. The van der Waals surface area contributed by atoms with Crippen molar-refractivity contribution in [2.75, 3.05) is 27.3 Å². The van der Waals surface area contributed by atoms with Gasteiger partial charge in [0.25, 0.3) is 0 Å². The molecule has 361 valence electrons. The fourth-order valence-electron chi connectivity index (χ4n) is 7.95. The van der Waals surface area contributed by atoms with Gasteiger partial charge >= 0.3 is 31.3 Å². The average Bonchev–Trinajstić information content (AvgIpc) is 3.93. The van der Waals surface area contributed by atoms with Crippen molar-refractivity contribution < 1.29 is 38.2 Å². The van der Waals surface area contributed by atoms with Crippen LogP contribution in [0.2, 0.25) is 0 Å². The Bertz CT molecular complexity index is 3110. The molecule has 2 aliphatic heterocycles. The molecule has 18 nitrogen and oxygen atoms in total. The highest BCUT2D eigenvalue weighted by Gasteiger charge is 2.31. The lowest BCUT2D eigenvalue weighted by atomic mass is 10.1. The van der Waals surface area contributed by atoms with E-state index in [2.05, 4.69) is 19.6 Å². The topological polar surface area (TPSA) is 198 Å². The molecule has 0 bridgehead atoms. The lowest BCUT2D eigenvalue weighted by molar-refractivity contribution is 0.0862. The van der Waals surface area contributed by atoms with Crippen molar-refractivity contribution >= 4 is 19.9 Å². The summed E-state index contributed by atoms with van der Waals surface area (Å²) in [5.74, 6) is 2.04. The summed E-state index contributed by atoms with van der Waals surface area (Å²) in [7, 11) is 3.83. The Hall–Kier alpha value is -8.84. The monoisotopic (exact) mass is 957 g/mol. The number of aromatic amines is 1. The number of H-pyrrole nitrogens is 1. The van der Waals surface area contributed by atoms with Crippen LogP contribution in [0.3, 0.4) is 0 Å². The minimum Gasteiger partial charge on any atom is -0.537 e. The standard InChI is InChI=1S/C26H24N4O4.C19H18N4O3.C7H8BO3/c1-33-21-12-10-20(11-13-21)30-24(22-9-5-6-14-27-22)23-17-28(15-16-29(23)25(30)31)26(32)34-18-19-7-3-2-4-8-19;24-18-21-17(15-8-4-5-9-20-15)16-12-22(10-11-23(16)18)19(25)26-13-14-6-2-1-3-7-14;1-10-6-2-4-7(5-3-6)11-8-9/h2-14H,15-18H2,1H3;1-9H,10-13H2,(H,21,24);2-5,9H,1H3. The number of carbonyl (C=O) groups excluding carboxylic acids is 2. The van der Waals surface area contributed by atoms with Gasteiger partial charge in [-0.25, -0.2) is 19.2 Å². The number of fused-ring (bicyclic) bond motifs is 2. The molecule has 0 saturated heterocycles. The van der Waals surface area contributed by atoms with Crippen LogP contribution >= 0.6 is 0 Å². The SMILES string of the molecule is COc1ccc(-n2c(-c3ccccn3)c3n(c2=O)CCN(C(=O)OCc2ccccc2)C3)cc1.COc1ccc(O[B]O)cc1.O=C(OCc1ccccc1)N1CCn2c(c(-c3ccccn3)[nH]c2=O)C1. The molecule has 1 radical (unpaired) electrons. The maximum absolute atomic E-state index is 13.5. The molecule has 71 heavy (non-hydrogen) atoms. The van der Waals surface area contributed by atoms with Gasteiger partial charge in [-0.05, 0) is 83.9 Å². The number of pyridine rings is 2. The second kappa shape index (κ2) is 23.5. The minimum absolute atomic E-state index is 0.168. The summed E-state index contributed by atoms with van der Waals surface area (Å²) in [4.78, 5) is 65.8. The van der Waals surface area contributed by atoms with E-state index in [1.807, 2.05) is 121 Å². The van der Waals surface area contributed by atoms with Gasteiger partial charge in [-0.15, -0.1) is 0 Å². The van der Waals surface area contributed by atoms with E-state index in [1.165, 1.54) is 0 Å². The van der Waals surface area contributed by atoms with Gasteiger partial charge in [0.2, 0.25) is 0 Å². The summed E-state index contributed by atoms with van der Waals surface area (Å²) in [5.41, 5.74) is 6.32. The first kappa shape index (κ1) is 48.6. The number of amides is 2. The quantitative estimate of drug-likeness (QED) is 0.128. The van der Waals surface area contributed by atoms with Gasteiger partial charge in [0, 0.05) is 38.6 Å². The molecule has 2 aliphatic rings. The van der Waals surface area contributed by atoms with E-state index in [-0.39, 0.29) is 37.2 Å². The first-order chi connectivity index (χ1) is 34.7. The minimum atomic E-state index is -0.410. The van der Waals surface area contributed by atoms with E-state index >= 15 is 0 Å². The number of imidazole rings is 2. The zero-order valence-electron chi connectivity index (χ0n) is 39.0. The fraction of sp³-hybridized carbons (Fsp3) is 0.192. The number of carbonyl (C=O) groups is 2. The molecule has 0 atom stereocenters. The van der Waals surface area contributed by atoms with Crippen molar-refractivity contribution in [3.8, 4) is 45.7 Å². The summed E-state index contributed by atoms with van der Waals surface area (Å²) in [5, 5.41) is 8.27. The maximum atomic E-state index is 13.5. The molecule has 4 aromatic carbocycles. The van der Waals surface area contributed by atoms with E-state index in [4.69, 9.17) is 24.0 Å². The van der Waals surface area contributed by atoms with Crippen molar-refractivity contribution in [2.24, 2.45) is 0 Å². The van der Waals surface area contributed by atoms with Gasteiger partial charge in [-0.3, -0.25) is 23.7 Å². The fourth-order valence-corrected chi connectivity index (χ4v) is 7.95. The molecule has 0 fully saturated rings. The van der Waals surface area contributed by atoms with Crippen LogP contribution in [-0.2, 0) is 48.9 Å². The predicted octanol–water partition coefficient (Wildman–Crippen LogP) is 6.85. The molecule has 10 rings (SSSR count). The smallest absolute Gasteiger partial charge is 0.537 e. The van der Waals surface area contributed by atoms with Crippen LogP contribution < -0.4 is 25.5 Å². The number of hydrogen-bond acceptors (Lipinski definition) is 12. The van der Waals surface area contributed by atoms with Crippen LogP contribution in [0, 0.1) is 0 Å². The zero-order chi connectivity index (χ0) is 49.5. The number of methoxy groups -OCH3 is 2. The second-order valence-corrected chi connectivity index (χ2v) is 15.9. The zero-order valence-corrected chi connectivity index (χ0v) is 39.0. The van der Waals surface area contributed by atoms with Crippen LogP contribution in [0.4, 0.5) is 9.59 Å². The summed E-state index contributed by atoms with van der Waals surface area (Å²) < 4.78 is 30.8. The van der Waals surface area contributed by atoms with Gasteiger partial charge in [0.1, 0.15) is 30.5 Å². The molecule has 2 N–H and O–H groups in total. The third-order valence-corrected chi connectivity index (χ3v) is 11.5. The number of nitrogens with one attached hydrogen (secondary N) is 1. The molecule has 0 aliphatic carbocycles. The highest BCUT2D eigenvalue weighted by atomic mass is 16.6. The summed E-state index contributed by atoms with van der Waals surface area (Å²) in [6.07, 6.45) is 2.57. The van der Waals surface area contributed by atoms with Crippen molar-refractivity contribution in [2.45, 2.75) is 39.4 Å². The van der Waals surface area contributed by atoms with Gasteiger partial charge in [-0.1, -0.05) is 72.8 Å². The first-order valence-corrected chi connectivity index (χ1v) is 22.6. The average molecular weight is 958 g/mol. The third-order valence-electron chi connectivity index (χ3n) is 11.5. The highest BCUT2D eigenvalue weighted by molar-refractivity contribution is 6.17. The van der Waals surface area contributed by atoms with Gasteiger partial charge in [0.05, 0.1) is 67.2 Å². The maximum Gasteiger partial charge on any atom is 0.569 e. The molecule has 2 amide bonds. The van der Waals surface area contributed by atoms with Gasteiger partial charge in [0.15, 0.2) is 0 Å². The molecule has 0 spiro atoms.